The van der Waals surface area contributed by atoms with Crippen LogP contribution in [0.5, 0.6) is 5.75 Å². The number of ether oxygens (including phenoxy) is 1. The first-order valence-corrected chi connectivity index (χ1v) is 6.38. The number of nitrogens with zero attached hydrogens (tertiary/aromatic N) is 2. The van der Waals surface area contributed by atoms with Gasteiger partial charge in [0.15, 0.2) is 0 Å². The SMILES string of the molecule is CN(C)CCOc1ccc(N2CCCC2)cc1. The molecule has 17 heavy (non-hydrogen) atoms. The molecule has 0 spiro atoms. The molecule has 3 nitrogen and oxygen atoms in total. The number of hydrogen-bond donors (Lipinski definition) is 0. The van der Waals surface area contributed by atoms with Crippen LogP contribution in [0, 0.1) is 0 Å². The van der Waals surface area contributed by atoms with Gasteiger partial charge in [0.05, 0.1) is 0 Å². The average molecular weight is 234 g/mol. The summed E-state index contributed by atoms with van der Waals surface area (Å²) in [6, 6.07) is 8.47. The molecular formula is C14H22N2O. The van der Waals surface area contributed by atoms with Gasteiger partial charge in [-0.15, -0.1) is 0 Å². The largest absolute Gasteiger partial charge is 0.492 e. The normalized spacial score (nSPS) is 15.6. The maximum atomic E-state index is 5.67. The molecule has 1 fully saturated rings. The van der Waals surface area contributed by atoms with E-state index in [1.54, 1.807) is 0 Å². The Morgan fingerprint density at radius 1 is 1.12 bits per heavy atom. The van der Waals surface area contributed by atoms with Gasteiger partial charge < -0.3 is 14.5 Å². The van der Waals surface area contributed by atoms with Gasteiger partial charge in [-0.05, 0) is 51.2 Å². The fraction of sp³-hybridized carbons (Fsp3) is 0.571. The first-order chi connectivity index (χ1) is 8.25. The molecule has 0 saturated carbocycles. The minimum Gasteiger partial charge on any atom is -0.492 e. The highest BCUT2D eigenvalue weighted by molar-refractivity contribution is 5.49. The van der Waals surface area contributed by atoms with Crippen LogP contribution in [0.1, 0.15) is 12.8 Å². The molecule has 2 rings (SSSR count). The summed E-state index contributed by atoms with van der Waals surface area (Å²) in [6.45, 7) is 4.09. The van der Waals surface area contributed by atoms with E-state index in [0.29, 0.717) is 0 Å². The molecule has 1 aliphatic heterocycles. The molecule has 0 N–H and O–H groups in total. The quantitative estimate of drug-likeness (QED) is 0.777. The van der Waals surface area contributed by atoms with Gasteiger partial charge in [0.2, 0.25) is 0 Å². The van der Waals surface area contributed by atoms with Crippen molar-refractivity contribution >= 4 is 5.69 Å². The second-order valence-corrected chi connectivity index (χ2v) is 4.84. The Labute approximate surface area is 104 Å². The van der Waals surface area contributed by atoms with Gasteiger partial charge in [-0.2, -0.15) is 0 Å². The van der Waals surface area contributed by atoms with Gasteiger partial charge in [-0.3, -0.25) is 0 Å². The number of anilines is 1. The van der Waals surface area contributed by atoms with E-state index in [-0.39, 0.29) is 0 Å². The van der Waals surface area contributed by atoms with Crippen molar-refractivity contribution in [2.75, 3.05) is 45.2 Å². The van der Waals surface area contributed by atoms with E-state index in [9.17, 15) is 0 Å². The lowest BCUT2D eigenvalue weighted by atomic mass is 10.3. The molecule has 3 heteroatoms. The Morgan fingerprint density at radius 3 is 2.35 bits per heavy atom. The van der Waals surface area contributed by atoms with Crippen molar-refractivity contribution in [1.82, 2.24) is 4.90 Å². The third-order valence-electron chi connectivity index (χ3n) is 3.12. The van der Waals surface area contributed by atoms with Crippen molar-refractivity contribution in [2.45, 2.75) is 12.8 Å². The van der Waals surface area contributed by atoms with Crippen LogP contribution in [-0.2, 0) is 0 Å². The second kappa shape index (κ2) is 5.92. The molecule has 1 heterocycles. The topological polar surface area (TPSA) is 15.7 Å². The number of benzene rings is 1. The predicted molar refractivity (Wildman–Crippen MR) is 71.9 cm³/mol. The molecule has 0 aromatic heterocycles. The van der Waals surface area contributed by atoms with Crippen LogP contribution in [0.25, 0.3) is 0 Å². The minimum absolute atomic E-state index is 0.746. The molecule has 0 atom stereocenters. The number of hydrogen-bond acceptors (Lipinski definition) is 3. The highest BCUT2D eigenvalue weighted by Crippen LogP contribution is 2.22. The maximum Gasteiger partial charge on any atom is 0.119 e. The lowest BCUT2D eigenvalue weighted by Gasteiger charge is -2.18. The monoisotopic (exact) mass is 234 g/mol. The lowest BCUT2D eigenvalue weighted by molar-refractivity contribution is 0.261. The molecule has 1 aromatic carbocycles. The summed E-state index contributed by atoms with van der Waals surface area (Å²) in [5.74, 6) is 0.967. The Bertz CT molecular complexity index is 329. The van der Waals surface area contributed by atoms with Gasteiger partial charge >= 0.3 is 0 Å². The fourth-order valence-corrected chi connectivity index (χ4v) is 2.07. The summed E-state index contributed by atoms with van der Waals surface area (Å²) in [4.78, 5) is 4.56. The van der Waals surface area contributed by atoms with Crippen LogP contribution in [0.2, 0.25) is 0 Å². The molecule has 1 saturated heterocycles. The zero-order chi connectivity index (χ0) is 12.1. The highest BCUT2D eigenvalue weighted by atomic mass is 16.5. The summed E-state index contributed by atoms with van der Waals surface area (Å²) in [5, 5.41) is 0. The van der Waals surface area contributed by atoms with Crippen LogP contribution in [0.4, 0.5) is 5.69 Å². The van der Waals surface area contributed by atoms with Gasteiger partial charge in [-0.1, -0.05) is 0 Å². The van der Waals surface area contributed by atoms with E-state index in [1.807, 2.05) is 0 Å². The van der Waals surface area contributed by atoms with E-state index >= 15 is 0 Å². The standard InChI is InChI=1S/C14H22N2O/c1-15(2)11-12-17-14-7-5-13(6-8-14)16-9-3-4-10-16/h5-8H,3-4,9-12H2,1-2H3. The Kier molecular flexibility index (Phi) is 4.26. The van der Waals surface area contributed by atoms with Crippen LogP contribution in [-0.4, -0.2) is 45.2 Å². The number of likely N-dealkylation sites (N-methyl/N-ethyl adjacent to an activating group) is 1. The highest BCUT2D eigenvalue weighted by Gasteiger charge is 2.11. The van der Waals surface area contributed by atoms with Crippen molar-refractivity contribution in [3.05, 3.63) is 24.3 Å². The minimum atomic E-state index is 0.746. The van der Waals surface area contributed by atoms with Gasteiger partial charge in [0.1, 0.15) is 12.4 Å². The summed E-state index contributed by atoms with van der Waals surface area (Å²) in [6.07, 6.45) is 2.64. The molecule has 94 valence electrons. The molecule has 0 radical (unpaired) electrons. The van der Waals surface area contributed by atoms with Crippen LogP contribution in [0.15, 0.2) is 24.3 Å². The fourth-order valence-electron chi connectivity index (χ4n) is 2.07. The predicted octanol–water partition coefficient (Wildman–Crippen LogP) is 2.23. The summed E-state index contributed by atoms with van der Waals surface area (Å²) in [7, 11) is 4.11. The maximum absolute atomic E-state index is 5.67. The Hall–Kier alpha value is -1.22. The summed E-state index contributed by atoms with van der Waals surface area (Å²) in [5.41, 5.74) is 1.32. The lowest BCUT2D eigenvalue weighted by Crippen LogP contribution is -2.19. The van der Waals surface area contributed by atoms with Gasteiger partial charge in [0, 0.05) is 25.3 Å². The van der Waals surface area contributed by atoms with Crippen LogP contribution >= 0.6 is 0 Å². The van der Waals surface area contributed by atoms with Gasteiger partial charge in [-0.25, -0.2) is 0 Å². The first-order valence-electron chi connectivity index (χ1n) is 6.38. The zero-order valence-electron chi connectivity index (χ0n) is 10.9. The van der Waals surface area contributed by atoms with E-state index < -0.39 is 0 Å². The second-order valence-electron chi connectivity index (χ2n) is 4.84. The Balaban J connectivity index is 1.84. The molecule has 0 amide bonds. The third-order valence-corrected chi connectivity index (χ3v) is 3.12. The van der Waals surface area contributed by atoms with Crippen LogP contribution in [0.3, 0.4) is 0 Å². The van der Waals surface area contributed by atoms with Crippen molar-refractivity contribution in [3.8, 4) is 5.75 Å². The van der Waals surface area contributed by atoms with Gasteiger partial charge in [0.25, 0.3) is 0 Å². The van der Waals surface area contributed by atoms with Crippen molar-refractivity contribution in [3.63, 3.8) is 0 Å². The van der Waals surface area contributed by atoms with E-state index in [2.05, 4.69) is 48.2 Å². The molecule has 1 aromatic rings. The smallest absolute Gasteiger partial charge is 0.119 e. The average Bonchev–Trinajstić information content (AvgIpc) is 2.83. The Morgan fingerprint density at radius 2 is 1.76 bits per heavy atom. The summed E-state index contributed by atoms with van der Waals surface area (Å²) >= 11 is 0. The molecular weight excluding hydrogens is 212 g/mol. The van der Waals surface area contributed by atoms with Crippen molar-refractivity contribution in [2.24, 2.45) is 0 Å². The zero-order valence-corrected chi connectivity index (χ0v) is 10.9. The van der Waals surface area contributed by atoms with Crippen molar-refractivity contribution in [1.29, 1.82) is 0 Å². The molecule has 0 bridgehead atoms. The first kappa shape index (κ1) is 12.2. The van der Waals surface area contributed by atoms with Crippen LogP contribution < -0.4 is 9.64 Å². The summed E-state index contributed by atoms with van der Waals surface area (Å²) < 4.78 is 5.67. The third kappa shape index (κ3) is 3.63. The number of rotatable bonds is 5. The molecule has 0 unspecified atom stereocenters. The van der Waals surface area contributed by atoms with Crippen molar-refractivity contribution < 1.29 is 4.74 Å². The van der Waals surface area contributed by atoms with E-state index in [1.165, 1.54) is 31.6 Å². The van der Waals surface area contributed by atoms with E-state index in [4.69, 9.17) is 4.74 Å². The molecule has 1 aliphatic rings. The van der Waals surface area contributed by atoms with E-state index in [0.717, 1.165) is 18.9 Å². The molecule has 0 aliphatic carbocycles.